The van der Waals surface area contributed by atoms with Crippen molar-refractivity contribution >= 4 is 5.97 Å². The number of carboxylic acid groups (broad SMARTS) is 1. The lowest BCUT2D eigenvalue weighted by atomic mass is 10.0. The predicted molar refractivity (Wildman–Crippen MR) is 47.2 cm³/mol. The van der Waals surface area contributed by atoms with Crippen LogP contribution in [0.25, 0.3) is 0 Å². The first-order valence-electron chi connectivity index (χ1n) is 4.39. The molecule has 5 heteroatoms. The molecule has 0 fully saturated rings. The summed E-state index contributed by atoms with van der Waals surface area (Å²) in [4.78, 5) is 10.3. The van der Waals surface area contributed by atoms with E-state index < -0.39 is 17.5 Å². The third kappa shape index (κ3) is 1.54. The fourth-order valence-corrected chi connectivity index (χ4v) is 1.51. The molecule has 0 aliphatic carbocycles. The molecule has 80 valence electrons. The lowest BCUT2D eigenvalue weighted by Crippen LogP contribution is -2.25. The van der Waals surface area contributed by atoms with Crippen LogP contribution in [-0.2, 0) is 17.1 Å². The van der Waals surface area contributed by atoms with Gasteiger partial charge in [-0.1, -0.05) is 0 Å². The zero-order chi connectivity index (χ0) is 11.1. The zero-order valence-electron chi connectivity index (χ0n) is 7.67. The summed E-state index contributed by atoms with van der Waals surface area (Å²) in [5.41, 5.74) is 0.132. The maximum atomic E-state index is 13.1. The smallest absolute Gasteiger partial charge is 0.379 e. The standard InChI is InChI=1S/C10H8F2O3/c11-10(12,9(13)14)7-1-2-8-6(5-7)3-4-15-8/h1-2,5H,3-4H2,(H,13,14). The van der Waals surface area contributed by atoms with Crippen LogP contribution in [0.5, 0.6) is 5.75 Å². The van der Waals surface area contributed by atoms with E-state index in [1.54, 1.807) is 0 Å². The van der Waals surface area contributed by atoms with Crippen molar-refractivity contribution in [1.29, 1.82) is 0 Å². The summed E-state index contributed by atoms with van der Waals surface area (Å²) in [6.07, 6.45) is 0.541. The van der Waals surface area contributed by atoms with Crippen LogP contribution in [0, 0.1) is 0 Å². The summed E-state index contributed by atoms with van der Waals surface area (Å²) < 4.78 is 31.3. The van der Waals surface area contributed by atoms with Crippen LogP contribution in [0.2, 0.25) is 0 Å². The Balaban J connectivity index is 2.42. The third-order valence-corrected chi connectivity index (χ3v) is 2.32. The number of fused-ring (bicyclic) bond motifs is 1. The number of hydrogen-bond acceptors (Lipinski definition) is 2. The molecule has 1 aliphatic heterocycles. The molecule has 0 amide bonds. The summed E-state index contributed by atoms with van der Waals surface area (Å²) in [7, 11) is 0. The summed E-state index contributed by atoms with van der Waals surface area (Å²) >= 11 is 0. The Kier molecular flexibility index (Phi) is 2.10. The van der Waals surface area contributed by atoms with Gasteiger partial charge in [-0.2, -0.15) is 8.78 Å². The maximum Gasteiger partial charge on any atom is 0.379 e. The number of hydrogen-bond donors (Lipinski definition) is 1. The second-order valence-electron chi connectivity index (χ2n) is 3.30. The van der Waals surface area contributed by atoms with Gasteiger partial charge in [0.15, 0.2) is 0 Å². The van der Waals surface area contributed by atoms with Crippen LogP contribution < -0.4 is 4.74 Å². The molecule has 1 aromatic rings. The van der Waals surface area contributed by atoms with E-state index in [4.69, 9.17) is 9.84 Å². The Labute approximate surface area is 84.3 Å². The topological polar surface area (TPSA) is 46.5 Å². The van der Waals surface area contributed by atoms with Gasteiger partial charge in [-0.05, 0) is 23.8 Å². The van der Waals surface area contributed by atoms with Crippen molar-refractivity contribution in [3.63, 3.8) is 0 Å². The Hall–Kier alpha value is -1.65. The molecule has 0 radical (unpaired) electrons. The highest BCUT2D eigenvalue weighted by Gasteiger charge is 2.41. The average Bonchev–Trinajstić information content (AvgIpc) is 2.63. The molecule has 0 atom stereocenters. The number of carbonyl (C=O) groups is 1. The van der Waals surface area contributed by atoms with Crippen LogP contribution in [0.1, 0.15) is 11.1 Å². The van der Waals surface area contributed by atoms with Gasteiger partial charge in [0.05, 0.1) is 6.61 Å². The first-order valence-corrected chi connectivity index (χ1v) is 4.39. The van der Waals surface area contributed by atoms with Gasteiger partial charge < -0.3 is 9.84 Å². The van der Waals surface area contributed by atoms with E-state index in [0.717, 1.165) is 6.07 Å². The van der Waals surface area contributed by atoms with Gasteiger partial charge in [0, 0.05) is 12.0 Å². The highest BCUT2D eigenvalue weighted by molar-refractivity contribution is 5.77. The number of rotatable bonds is 2. The molecule has 3 nitrogen and oxygen atoms in total. The lowest BCUT2D eigenvalue weighted by Gasteiger charge is -2.12. The minimum Gasteiger partial charge on any atom is -0.493 e. The minimum atomic E-state index is -3.84. The fourth-order valence-electron chi connectivity index (χ4n) is 1.51. The molecule has 1 heterocycles. The van der Waals surface area contributed by atoms with Gasteiger partial charge in [0.2, 0.25) is 0 Å². The number of aliphatic carboxylic acids is 1. The number of halogens is 2. The Bertz CT molecular complexity index is 415. The van der Waals surface area contributed by atoms with Crippen molar-refractivity contribution in [1.82, 2.24) is 0 Å². The molecular weight excluding hydrogens is 206 g/mol. The van der Waals surface area contributed by atoms with Gasteiger partial charge in [0.1, 0.15) is 5.75 Å². The maximum absolute atomic E-state index is 13.1. The average molecular weight is 214 g/mol. The van der Waals surface area contributed by atoms with Crippen molar-refractivity contribution in [2.75, 3.05) is 6.61 Å². The van der Waals surface area contributed by atoms with Crippen molar-refractivity contribution in [2.45, 2.75) is 12.3 Å². The number of alkyl halides is 2. The molecule has 1 aromatic carbocycles. The summed E-state index contributed by atoms with van der Waals surface area (Å²) in [5, 5.41) is 8.36. The van der Waals surface area contributed by atoms with Crippen molar-refractivity contribution in [3.05, 3.63) is 29.3 Å². The van der Waals surface area contributed by atoms with E-state index >= 15 is 0 Å². The largest absolute Gasteiger partial charge is 0.493 e. The van der Waals surface area contributed by atoms with Gasteiger partial charge in [-0.3, -0.25) is 0 Å². The Morgan fingerprint density at radius 1 is 1.47 bits per heavy atom. The van der Waals surface area contributed by atoms with Crippen molar-refractivity contribution in [3.8, 4) is 5.75 Å². The summed E-state index contributed by atoms with van der Waals surface area (Å²) in [6, 6.07) is 3.66. The molecule has 0 saturated heterocycles. The predicted octanol–water partition coefficient (Wildman–Crippen LogP) is 1.80. The van der Waals surface area contributed by atoms with Crippen molar-refractivity contribution < 1.29 is 23.4 Å². The molecule has 0 unspecified atom stereocenters. The molecule has 1 aliphatic rings. The SMILES string of the molecule is O=C(O)C(F)(F)c1ccc2c(c1)CCO2. The summed E-state index contributed by atoms with van der Waals surface area (Å²) in [6.45, 7) is 0.456. The number of benzene rings is 1. The second kappa shape index (κ2) is 3.18. The van der Waals surface area contributed by atoms with E-state index in [0.29, 0.717) is 24.3 Å². The molecule has 2 rings (SSSR count). The number of ether oxygens (including phenoxy) is 1. The first kappa shape index (κ1) is 9.89. The molecule has 0 bridgehead atoms. The minimum absolute atomic E-state index is 0.456. The van der Waals surface area contributed by atoms with E-state index in [1.807, 2.05) is 0 Å². The Morgan fingerprint density at radius 2 is 2.20 bits per heavy atom. The van der Waals surface area contributed by atoms with E-state index in [-0.39, 0.29) is 0 Å². The lowest BCUT2D eigenvalue weighted by molar-refractivity contribution is -0.166. The third-order valence-electron chi connectivity index (χ3n) is 2.32. The molecule has 1 N–H and O–H groups in total. The van der Waals surface area contributed by atoms with Gasteiger partial charge in [-0.25, -0.2) is 4.79 Å². The highest BCUT2D eigenvalue weighted by atomic mass is 19.3. The van der Waals surface area contributed by atoms with Crippen LogP contribution in [0.3, 0.4) is 0 Å². The molecule has 0 spiro atoms. The van der Waals surface area contributed by atoms with Gasteiger partial charge in [-0.15, -0.1) is 0 Å². The molecule has 0 aromatic heterocycles. The van der Waals surface area contributed by atoms with Crippen LogP contribution in [-0.4, -0.2) is 17.7 Å². The van der Waals surface area contributed by atoms with E-state index in [1.165, 1.54) is 12.1 Å². The Morgan fingerprint density at radius 3 is 2.87 bits per heavy atom. The summed E-state index contributed by atoms with van der Waals surface area (Å²) in [5.74, 6) is -5.42. The van der Waals surface area contributed by atoms with Crippen LogP contribution >= 0.6 is 0 Å². The highest BCUT2D eigenvalue weighted by Crippen LogP contribution is 2.33. The molecule has 15 heavy (non-hydrogen) atoms. The van der Waals surface area contributed by atoms with Crippen LogP contribution in [0.4, 0.5) is 8.78 Å². The normalized spacial score (nSPS) is 14.5. The quantitative estimate of drug-likeness (QED) is 0.816. The first-order chi connectivity index (χ1) is 7.01. The van der Waals surface area contributed by atoms with Gasteiger partial charge >= 0.3 is 11.9 Å². The van der Waals surface area contributed by atoms with Crippen LogP contribution in [0.15, 0.2) is 18.2 Å². The monoisotopic (exact) mass is 214 g/mol. The molecule has 0 saturated carbocycles. The molecular formula is C10H8F2O3. The van der Waals surface area contributed by atoms with E-state index in [9.17, 15) is 13.6 Å². The zero-order valence-corrected chi connectivity index (χ0v) is 7.67. The van der Waals surface area contributed by atoms with Crippen molar-refractivity contribution in [2.24, 2.45) is 0 Å². The fraction of sp³-hybridized carbons (Fsp3) is 0.300. The second-order valence-corrected chi connectivity index (χ2v) is 3.30. The number of carboxylic acids is 1. The van der Waals surface area contributed by atoms with E-state index in [2.05, 4.69) is 0 Å². The van der Waals surface area contributed by atoms with Gasteiger partial charge in [0.25, 0.3) is 0 Å².